The Hall–Kier alpha value is -3.73. The summed E-state index contributed by atoms with van der Waals surface area (Å²) in [7, 11) is 1.47. The average Bonchev–Trinajstić information content (AvgIpc) is 3.48. The highest BCUT2D eigenvalue weighted by Crippen LogP contribution is 2.40. The molecule has 0 spiro atoms. The third-order valence-electron chi connectivity index (χ3n) is 5.88. The van der Waals surface area contributed by atoms with Crippen molar-refractivity contribution in [3.05, 3.63) is 81.2 Å². The van der Waals surface area contributed by atoms with Crippen molar-refractivity contribution in [1.82, 2.24) is 4.90 Å². The summed E-state index contributed by atoms with van der Waals surface area (Å²) < 4.78 is 22.4. The number of nitrogens with one attached hydrogen (secondary N) is 1. The van der Waals surface area contributed by atoms with Gasteiger partial charge in [-0.15, -0.1) is 0 Å². The quantitative estimate of drug-likeness (QED) is 0.263. The molecule has 0 saturated carbocycles. The molecule has 200 valence electrons. The molecule has 0 aromatic heterocycles. The molecule has 0 bridgehead atoms. The number of fused-ring (bicyclic) bond motifs is 1. The fraction of sp³-hybridized carbons (Fsp3) is 0.179. The first-order valence-corrected chi connectivity index (χ1v) is 13.4. The van der Waals surface area contributed by atoms with Gasteiger partial charge in [0.1, 0.15) is 4.32 Å². The van der Waals surface area contributed by atoms with Gasteiger partial charge in [-0.25, -0.2) is 0 Å². The maximum atomic E-state index is 13.2. The predicted molar refractivity (Wildman–Crippen MR) is 155 cm³/mol. The molecular weight excluding hydrogens is 560 g/mol. The molecule has 1 saturated heterocycles. The van der Waals surface area contributed by atoms with E-state index in [2.05, 4.69) is 5.32 Å². The molecule has 0 aliphatic carbocycles. The van der Waals surface area contributed by atoms with Crippen molar-refractivity contribution >= 4 is 63.5 Å². The molecule has 3 aromatic carbocycles. The second-order valence-corrected chi connectivity index (χ2v) is 10.8. The standard InChI is InChI=1S/C28H23ClN2O6S2/c1-16-3-6-19(7-4-16)30-25(32)14-35-26-20(29)9-18(11-23(26)34-2)12-24-27(33)31(28(38)39-24)13-17-5-8-21-22(10-17)37-15-36-21/h3-12H,13-15H2,1-2H3,(H,30,32)/b24-12-. The van der Waals surface area contributed by atoms with Crippen LogP contribution in [0.5, 0.6) is 23.0 Å². The Balaban J connectivity index is 1.27. The summed E-state index contributed by atoms with van der Waals surface area (Å²) in [6, 6.07) is 16.3. The highest BCUT2D eigenvalue weighted by atomic mass is 35.5. The van der Waals surface area contributed by atoms with Crippen LogP contribution in [-0.2, 0) is 16.1 Å². The van der Waals surface area contributed by atoms with Gasteiger partial charge in [0.15, 0.2) is 29.6 Å². The van der Waals surface area contributed by atoms with Gasteiger partial charge in [-0.1, -0.05) is 59.3 Å². The second-order valence-electron chi connectivity index (χ2n) is 8.69. The molecule has 2 heterocycles. The molecule has 3 aromatic rings. The first-order valence-electron chi connectivity index (χ1n) is 11.8. The molecule has 1 fully saturated rings. The van der Waals surface area contributed by atoms with Crippen LogP contribution in [0.25, 0.3) is 6.08 Å². The molecule has 0 unspecified atom stereocenters. The Morgan fingerprint density at radius 2 is 1.92 bits per heavy atom. The van der Waals surface area contributed by atoms with Crippen LogP contribution < -0.4 is 24.3 Å². The zero-order valence-corrected chi connectivity index (χ0v) is 23.4. The fourth-order valence-corrected chi connectivity index (χ4v) is 5.47. The van der Waals surface area contributed by atoms with E-state index in [1.807, 2.05) is 49.4 Å². The van der Waals surface area contributed by atoms with Gasteiger partial charge < -0.3 is 24.3 Å². The first kappa shape index (κ1) is 26.9. The number of ether oxygens (including phenoxy) is 4. The Bertz CT molecular complexity index is 1490. The van der Waals surface area contributed by atoms with Gasteiger partial charge in [0.05, 0.1) is 23.6 Å². The van der Waals surface area contributed by atoms with E-state index in [9.17, 15) is 9.59 Å². The summed E-state index contributed by atoms with van der Waals surface area (Å²) in [5, 5.41) is 3.01. The third kappa shape index (κ3) is 6.13. The van der Waals surface area contributed by atoms with Crippen molar-refractivity contribution in [3.8, 4) is 23.0 Å². The summed E-state index contributed by atoms with van der Waals surface area (Å²) in [4.78, 5) is 27.5. The Labute approximate surface area is 239 Å². The molecule has 11 heteroatoms. The van der Waals surface area contributed by atoms with Crippen LogP contribution in [0.2, 0.25) is 5.02 Å². The van der Waals surface area contributed by atoms with Crippen LogP contribution in [0.15, 0.2) is 59.5 Å². The van der Waals surface area contributed by atoms with Crippen molar-refractivity contribution in [2.45, 2.75) is 13.5 Å². The molecule has 5 rings (SSSR count). The van der Waals surface area contributed by atoms with Gasteiger partial charge in [-0.05, 0) is 60.5 Å². The summed E-state index contributed by atoms with van der Waals surface area (Å²) in [6.45, 7) is 2.19. The number of rotatable bonds is 8. The first-order chi connectivity index (χ1) is 18.8. The van der Waals surface area contributed by atoms with Crippen LogP contribution in [0.3, 0.4) is 0 Å². The normalized spacial score (nSPS) is 15.2. The zero-order valence-electron chi connectivity index (χ0n) is 21.0. The number of carbonyl (C=O) groups excluding carboxylic acids is 2. The van der Waals surface area contributed by atoms with Crippen LogP contribution in [0, 0.1) is 6.92 Å². The van der Waals surface area contributed by atoms with E-state index in [4.69, 9.17) is 42.8 Å². The summed E-state index contributed by atoms with van der Waals surface area (Å²) in [6.07, 6.45) is 1.70. The number of hydrogen-bond acceptors (Lipinski definition) is 8. The van der Waals surface area contributed by atoms with E-state index in [0.29, 0.717) is 44.3 Å². The van der Waals surface area contributed by atoms with Gasteiger partial charge in [-0.2, -0.15) is 0 Å². The molecule has 2 aliphatic heterocycles. The van der Waals surface area contributed by atoms with Crippen molar-refractivity contribution in [2.75, 3.05) is 25.8 Å². The minimum Gasteiger partial charge on any atom is -0.493 e. The van der Waals surface area contributed by atoms with Gasteiger partial charge in [-0.3, -0.25) is 14.5 Å². The third-order valence-corrected chi connectivity index (χ3v) is 7.54. The van der Waals surface area contributed by atoms with Crippen LogP contribution >= 0.6 is 35.6 Å². The van der Waals surface area contributed by atoms with Gasteiger partial charge in [0.2, 0.25) is 6.79 Å². The van der Waals surface area contributed by atoms with Gasteiger partial charge >= 0.3 is 0 Å². The molecule has 39 heavy (non-hydrogen) atoms. The van der Waals surface area contributed by atoms with E-state index >= 15 is 0 Å². The highest BCUT2D eigenvalue weighted by Gasteiger charge is 2.32. The topological polar surface area (TPSA) is 86.3 Å². The Kier molecular flexibility index (Phi) is 7.97. The molecule has 2 aliphatic rings. The van der Waals surface area contributed by atoms with Gasteiger partial charge in [0, 0.05) is 5.69 Å². The average molecular weight is 583 g/mol. The van der Waals surface area contributed by atoms with E-state index in [1.165, 1.54) is 23.8 Å². The van der Waals surface area contributed by atoms with E-state index < -0.39 is 0 Å². The number of hydrogen-bond donors (Lipinski definition) is 1. The number of methoxy groups -OCH3 is 1. The maximum absolute atomic E-state index is 13.2. The lowest BCUT2D eigenvalue weighted by atomic mass is 10.1. The minimum absolute atomic E-state index is 0.180. The van der Waals surface area contributed by atoms with Crippen molar-refractivity contribution in [1.29, 1.82) is 0 Å². The number of aryl methyl sites for hydroxylation is 1. The Morgan fingerprint density at radius 3 is 2.69 bits per heavy atom. The van der Waals surface area contributed by atoms with Gasteiger partial charge in [0.25, 0.3) is 11.8 Å². The molecular formula is C28H23ClN2O6S2. The number of halogens is 1. The molecule has 0 radical (unpaired) electrons. The SMILES string of the molecule is COc1cc(/C=C2\SC(=S)N(Cc3ccc4c(c3)OCO4)C2=O)cc(Cl)c1OCC(=O)Nc1ccc(C)cc1. The number of thiocarbonyl (C=S) groups is 1. The summed E-state index contributed by atoms with van der Waals surface area (Å²) >= 11 is 13.2. The molecule has 2 amide bonds. The summed E-state index contributed by atoms with van der Waals surface area (Å²) in [5.41, 5.74) is 3.25. The van der Waals surface area contributed by atoms with Crippen molar-refractivity contribution < 1.29 is 28.5 Å². The lowest BCUT2D eigenvalue weighted by molar-refractivity contribution is -0.122. The van der Waals surface area contributed by atoms with E-state index in [1.54, 1.807) is 18.2 Å². The number of amides is 2. The van der Waals surface area contributed by atoms with E-state index in [-0.39, 0.29) is 36.0 Å². The van der Waals surface area contributed by atoms with Crippen molar-refractivity contribution in [3.63, 3.8) is 0 Å². The molecule has 8 nitrogen and oxygen atoms in total. The number of nitrogens with zero attached hydrogens (tertiary/aromatic N) is 1. The highest BCUT2D eigenvalue weighted by molar-refractivity contribution is 8.26. The predicted octanol–water partition coefficient (Wildman–Crippen LogP) is 5.80. The largest absolute Gasteiger partial charge is 0.493 e. The van der Waals surface area contributed by atoms with Crippen LogP contribution in [-0.4, -0.2) is 41.5 Å². The van der Waals surface area contributed by atoms with Crippen LogP contribution in [0.1, 0.15) is 16.7 Å². The molecule has 0 atom stereocenters. The molecule has 1 N–H and O–H groups in total. The number of anilines is 1. The Morgan fingerprint density at radius 1 is 1.15 bits per heavy atom. The van der Waals surface area contributed by atoms with Crippen molar-refractivity contribution in [2.24, 2.45) is 0 Å². The maximum Gasteiger partial charge on any atom is 0.266 e. The lowest BCUT2D eigenvalue weighted by Gasteiger charge is -2.15. The fourth-order valence-electron chi connectivity index (χ4n) is 3.94. The number of benzene rings is 3. The number of thioether (sulfide) groups is 1. The van der Waals surface area contributed by atoms with E-state index in [0.717, 1.165) is 11.1 Å². The zero-order chi connectivity index (χ0) is 27.5. The smallest absolute Gasteiger partial charge is 0.266 e. The minimum atomic E-state index is -0.341. The number of carbonyl (C=O) groups is 2. The second kappa shape index (κ2) is 11.6. The van der Waals surface area contributed by atoms with Crippen LogP contribution in [0.4, 0.5) is 5.69 Å². The lowest BCUT2D eigenvalue weighted by Crippen LogP contribution is -2.27. The monoisotopic (exact) mass is 582 g/mol. The summed E-state index contributed by atoms with van der Waals surface area (Å²) in [5.74, 6) is 1.32.